The Balaban J connectivity index is 1.55. The van der Waals surface area contributed by atoms with Crippen LogP contribution in [-0.4, -0.2) is 57.0 Å². The summed E-state index contributed by atoms with van der Waals surface area (Å²) in [6.07, 6.45) is 2.66. The fourth-order valence-corrected chi connectivity index (χ4v) is 3.98. The molecule has 0 bridgehead atoms. The van der Waals surface area contributed by atoms with Crippen LogP contribution < -0.4 is 9.62 Å². The van der Waals surface area contributed by atoms with E-state index < -0.39 is 16.7 Å². The fraction of sp³-hybridized carbons (Fsp3) is 0.318. The number of morpholine rings is 1. The molecule has 1 N–H and O–H groups in total. The van der Waals surface area contributed by atoms with Gasteiger partial charge in [0.05, 0.1) is 30.4 Å². The van der Waals surface area contributed by atoms with Crippen LogP contribution >= 0.6 is 0 Å². The summed E-state index contributed by atoms with van der Waals surface area (Å²) in [7, 11) is -2.65. The Kier molecular flexibility index (Phi) is 7.03. The highest BCUT2D eigenvalue weighted by Crippen LogP contribution is 2.21. The molecule has 1 saturated heterocycles. The molecular formula is C22H23FN4O4S. The van der Waals surface area contributed by atoms with Gasteiger partial charge in [-0.3, -0.25) is 9.78 Å². The maximum Gasteiger partial charge on any atom is 0.201 e. The van der Waals surface area contributed by atoms with E-state index in [1.54, 1.807) is 30.5 Å². The molecule has 10 heteroatoms. The number of hydrogen-bond donors (Lipinski definition) is 2. The van der Waals surface area contributed by atoms with Crippen LogP contribution in [0, 0.1) is 5.82 Å². The largest absolute Gasteiger partial charge is 0.378 e. The van der Waals surface area contributed by atoms with Gasteiger partial charge in [0.1, 0.15) is 11.6 Å². The smallest absolute Gasteiger partial charge is 0.201 e. The van der Waals surface area contributed by atoms with Crippen molar-refractivity contribution in [2.45, 2.75) is 12.8 Å². The highest BCUT2D eigenvalue weighted by atomic mass is 32.2. The molecule has 1 fully saturated rings. The molecule has 0 aliphatic carbocycles. The molecule has 0 atom stereocenters. The van der Waals surface area contributed by atoms with Gasteiger partial charge in [0, 0.05) is 30.8 Å². The number of benzene rings is 2. The number of anilines is 1. The molecule has 8 nitrogen and oxygen atoms in total. The Morgan fingerprint density at radius 3 is 2.69 bits per heavy atom. The van der Waals surface area contributed by atoms with Crippen molar-refractivity contribution in [1.29, 1.82) is 0 Å². The van der Waals surface area contributed by atoms with Crippen LogP contribution in [0.25, 0.3) is 11.0 Å². The first-order valence-electron chi connectivity index (χ1n) is 10.3. The lowest BCUT2D eigenvalue weighted by atomic mass is 9.99. The summed E-state index contributed by atoms with van der Waals surface area (Å²) in [5.41, 5.74) is 2.52. The Hall–Kier alpha value is -2.95. The number of aromatic nitrogens is 2. The third-order valence-electron chi connectivity index (χ3n) is 5.23. The predicted molar refractivity (Wildman–Crippen MR) is 119 cm³/mol. The third-order valence-corrected chi connectivity index (χ3v) is 5.71. The molecule has 0 radical (unpaired) electrons. The summed E-state index contributed by atoms with van der Waals surface area (Å²) in [6, 6.07) is 9.27. The van der Waals surface area contributed by atoms with E-state index in [1.807, 2.05) is 0 Å². The van der Waals surface area contributed by atoms with Crippen LogP contribution in [0.1, 0.15) is 27.9 Å². The molecule has 2 heterocycles. The van der Waals surface area contributed by atoms with Crippen molar-refractivity contribution in [2.24, 2.45) is 0 Å². The number of nitrogens with zero attached hydrogens (tertiary/aromatic N) is 3. The first-order valence-corrected chi connectivity index (χ1v) is 11.5. The van der Waals surface area contributed by atoms with Gasteiger partial charge in [0.2, 0.25) is 10.9 Å². The van der Waals surface area contributed by atoms with Crippen molar-refractivity contribution in [1.82, 2.24) is 14.7 Å². The second-order valence-electron chi connectivity index (χ2n) is 7.48. The van der Waals surface area contributed by atoms with Gasteiger partial charge in [0.25, 0.3) is 0 Å². The minimum atomic E-state index is -2.65. The third kappa shape index (κ3) is 5.45. The van der Waals surface area contributed by atoms with Gasteiger partial charge >= 0.3 is 0 Å². The minimum Gasteiger partial charge on any atom is -0.378 e. The van der Waals surface area contributed by atoms with Gasteiger partial charge in [-0.25, -0.2) is 22.5 Å². The molecule has 168 valence electrons. The number of ether oxygens (including phenoxy) is 1. The lowest BCUT2D eigenvalue weighted by molar-refractivity contribution is 0.103. The Labute approximate surface area is 186 Å². The van der Waals surface area contributed by atoms with Crippen molar-refractivity contribution >= 4 is 33.5 Å². The van der Waals surface area contributed by atoms with E-state index in [-0.39, 0.29) is 17.9 Å². The molecule has 0 saturated carbocycles. The van der Waals surface area contributed by atoms with Crippen molar-refractivity contribution in [2.75, 3.05) is 37.7 Å². The predicted octanol–water partition coefficient (Wildman–Crippen LogP) is 1.89. The molecule has 0 unspecified atom stereocenters. The van der Waals surface area contributed by atoms with Gasteiger partial charge in [-0.05, 0) is 54.8 Å². The van der Waals surface area contributed by atoms with Crippen LogP contribution in [0.2, 0.25) is 0 Å². The second kappa shape index (κ2) is 10.1. The molecule has 3 aromatic rings. The van der Waals surface area contributed by atoms with E-state index in [1.165, 1.54) is 12.1 Å². The first kappa shape index (κ1) is 22.3. The number of ketones is 1. The Morgan fingerprint density at radius 2 is 1.91 bits per heavy atom. The molecular weight excluding hydrogens is 435 g/mol. The van der Waals surface area contributed by atoms with Crippen LogP contribution in [-0.2, 0) is 22.0 Å². The highest BCUT2D eigenvalue weighted by Gasteiger charge is 2.16. The number of fused-ring (bicyclic) bond motifs is 1. The van der Waals surface area contributed by atoms with E-state index in [2.05, 4.69) is 19.6 Å². The van der Waals surface area contributed by atoms with Gasteiger partial charge < -0.3 is 9.64 Å². The first-order chi connectivity index (χ1) is 15.5. The number of carbonyl (C=O) groups is 1. The van der Waals surface area contributed by atoms with Gasteiger partial charge in [-0.15, -0.1) is 0 Å². The van der Waals surface area contributed by atoms with Crippen molar-refractivity contribution in [3.05, 3.63) is 65.1 Å². The van der Waals surface area contributed by atoms with Crippen LogP contribution in [0.15, 0.2) is 42.6 Å². The Morgan fingerprint density at radius 1 is 1.09 bits per heavy atom. The summed E-state index contributed by atoms with van der Waals surface area (Å²) in [5.74, 6) is -0.0947. The van der Waals surface area contributed by atoms with E-state index >= 15 is 0 Å². The Bertz CT molecular complexity index is 1200. The summed E-state index contributed by atoms with van der Waals surface area (Å²) < 4.78 is 43.0. The van der Waals surface area contributed by atoms with Crippen LogP contribution in [0.4, 0.5) is 10.2 Å². The molecule has 2 aromatic carbocycles. The molecule has 1 aromatic heterocycles. The molecule has 1 aliphatic rings. The van der Waals surface area contributed by atoms with E-state index in [0.717, 1.165) is 18.9 Å². The minimum absolute atomic E-state index is 0.236. The zero-order valence-electron chi connectivity index (χ0n) is 17.3. The van der Waals surface area contributed by atoms with Crippen molar-refractivity contribution in [3.63, 3.8) is 0 Å². The molecule has 4 rings (SSSR count). The lowest BCUT2D eigenvalue weighted by Crippen LogP contribution is -2.36. The van der Waals surface area contributed by atoms with Crippen molar-refractivity contribution in [3.8, 4) is 0 Å². The number of aryl methyl sites for hydroxylation is 1. The molecule has 1 aliphatic heterocycles. The summed E-state index contributed by atoms with van der Waals surface area (Å²) in [5, 5.41) is 0. The zero-order valence-corrected chi connectivity index (χ0v) is 18.2. The van der Waals surface area contributed by atoms with E-state index in [0.29, 0.717) is 48.2 Å². The lowest BCUT2D eigenvalue weighted by Gasteiger charge is -2.27. The average Bonchev–Trinajstić information content (AvgIpc) is 2.81. The topological polar surface area (TPSA) is 101 Å². The summed E-state index contributed by atoms with van der Waals surface area (Å²) in [6.45, 7) is 2.97. The summed E-state index contributed by atoms with van der Waals surface area (Å²) >= 11 is 0. The van der Waals surface area contributed by atoms with Crippen LogP contribution in [0.3, 0.4) is 0 Å². The van der Waals surface area contributed by atoms with Gasteiger partial charge in [-0.2, -0.15) is 0 Å². The number of hydrogen-bond acceptors (Lipinski definition) is 7. The zero-order chi connectivity index (χ0) is 22.5. The number of rotatable bonds is 8. The quantitative estimate of drug-likeness (QED) is 0.302. The normalized spacial score (nSPS) is 14.2. The fourth-order valence-electron chi connectivity index (χ4n) is 3.64. The van der Waals surface area contributed by atoms with Gasteiger partial charge in [0.15, 0.2) is 5.78 Å². The SMILES string of the molecule is O=C(c1cc(F)cc(CCCN[SH](=O)=O)c1)c1ccc2ncc(N3CCOCC3)nc2c1. The number of nitrogens with one attached hydrogen (secondary N) is 1. The standard InChI is InChI=1S/C22H23FN4O4S/c23-18-11-15(2-1-5-25-32(29)30)10-17(12-18)22(28)16-3-4-19-20(13-16)26-21(14-24-19)27-6-8-31-9-7-27/h3-4,10-14,32H,1-2,5-9H2,(H,25,29,30). The number of carbonyl (C=O) groups excluding carboxylic acids is 1. The van der Waals surface area contributed by atoms with E-state index in [9.17, 15) is 17.6 Å². The molecule has 0 amide bonds. The molecule has 32 heavy (non-hydrogen) atoms. The number of thiol groups is 1. The maximum absolute atomic E-state index is 14.2. The van der Waals surface area contributed by atoms with Gasteiger partial charge in [-0.1, -0.05) is 0 Å². The maximum atomic E-state index is 14.2. The molecule has 0 spiro atoms. The highest BCUT2D eigenvalue weighted by molar-refractivity contribution is 7.70. The average molecular weight is 459 g/mol. The number of halogens is 1. The van der Waals surface area contributed by atoms with Crippen molar-refractivity contribution < 1.29 is 22.3 Å². The van der Waals surface area contributed by atoms with E-state index in [4.69, 9.17) is 4.74 Å². The monoisotopic (exact) mass is 458 g/mol. The second-order valence-corrected chi connectivity index (χ2v) is 8.31. The van der Waals surface area contributed by atoms with Crippen LogP contribution in [0.5, 0.6) is 0 Å². The summed E-state index contributed by atoms with van der Waals surface area (Å²) in [4.78, 5) is 24.3.